The number of nitrogens with zero attached hydrogens (tertiary/aromatic N) is 2. The predicted molar refractivity (Wildman–Crippen MR) is 79.1 cm³/mol. The monoisotopic (exact) mass is 288 g/mol. The van der Waals surface area contributed by atoms with E-state index in [0.717, 1.165) is 6.42 Å². The Labute approximate surface area is 122 Å². The Kier molecular flexibility index (Phi) is 4.81. The summed E-state index contributed by atoms with van der Waals surface area (Å²) in [6, 6.07) is 7.59. The third-order valence-electron chi connectivity index (χ3n) is 2.70. The number of aromatic nitrogens is 2. The minimum Gasteiger partial charge on any atom is -0.351 e. The van der Waals surface area contributed by atoms with Crippen LogP contribution in [-0.4, -0.2) is 22.4 Å². The molecule has 5 nitrogen and oxygen atoms in total. The lowest BCUT2D eigenvalue weighted by Gasteiger charge is -2.08. The lowest BCUT2D eigenvalue weighted by atomic mass is 10.3. The van der Waals surface area contributed by atoms with E-state index in [2.05, 4.69) is 20.6 Å². The Morgan fingerprint density at radius 1 is 1.29 bits per heavy atom. The summed E-state index contributed by atoms with van der Waals surface area (Å²) in [6.07, 6.45) is 0.851. The Bertz CT molecular complexity index is 645. The number of nitrogens with one attached hydrogen (secondary N) is 2. The van der Waals surface area contributed by atoms with Gasteiger partial charge in [0.15, 0.2) is 0 Å². The molecule has 0 atom stereocenters. The molecule has 1 amide bonds. The van der Waals surface area contributed by atoms with Crippen LogP contribution in [0.3, 0.4) is 0 Å². The largest absolute Gasteiger partial charge is 0.351 e. The highest BCUT2D eigenvalue weighted by molar-refractivity contribution is 5.92. The molecule has 110 valence electrons. The lowest BCUT2D eigenvalue weighted by molar-refractivity contribution is 0.0948. The van der Waals surface area contributed by atoms with Crippen LogP contribution < -0.4 is 10.6 Å². The summed E-state index contributed by atoms with van der Waals surface area (Å²) in [5.74, 6) is -0.333. The van der Waals surface area contributed by atoms with Crippen molar-refractivity contribution in [3.05, 3.63) is 47.5 Å². The quantitative estimate of drug-likeness (QED) is 0.888. The Morgan fingerprint density at radius 3 is 2.81 bits per heavy atom. The van der Waals surface area contributed by atoms with E-state index in [-0.39, 0.29) is 23.4 Å². The summed E-state index contributed by atoms with van der Waals surface area (Å²) in [5.41, 5.74) is 1.47. The van der Waals surface area contributed by atoms with Crippen molar-refractivity contribution in [3.63, 3.8) is 0 Å². The Hall–Kier alpha value is -2.50. The average molecular weight is 288 g/mol. The van der Waals surface area contributed by atoms with Crippen LogP contribution >= 0.6 is 0 Å². The van der Waals surface area contributed by atoms with Crippen molar-refractivity contribution in [2.45, 2.75) is 20.3 Å². The van der Waals surface area contributed by atoms with Crippen LogP contribution in [0.1, 0.15) is 29.5 Å². The van der Waals surface area contributed by atoms with Gasteiger partial charge in [0.25, 0.3) is 5.91 Å². The maximum Gasteiger partial charge on any atom is 0.270 e. The molecule has 0 saturated carbocycles. The normalized spacial score (nSPS) is 10.2. The number of hydrogen-bond acceptors (Lipinski definition) is 4. The van der Waals surface area contributed by atoms with E-state index in [1.807, 2.05) is 6.92 Å². The van der Waals surface area contributed by atoms with Gasteiger partial charge >= 0.3 is 0 Å². The molecule has 21 heavy (non-hydrogen) atoms. The third-order valence-corrected chi connectivity index (χ3v) is 2.70. The van der Waals surface area contributed by atoms with Gasteiger partial charge < -0.3 is 10.6 Å². The highest BCUT2D eigenvalue weighted by atomic mass is 19.1. The number of aryl methyl sites for hydroxylation is 1. The van der Waals surface area contributed by atoms with Crippen molar-refractivity contribution in [2.75, 3.05) is 11.9 Å². The summed E-state index contributed by atoms with van der Waals surface area (Å²) in [4.78, 5) is 20.3. The number of halogens is 1. The van der Waals surface area contributed by atoms with Gasteiger partial charge in [0.05, 0.1) is 0 Å². The molecular weight excluding hydrogens is 271 g/mol. The van der Waals surface area contributed by atoms with Gasteiger partial charge in [-0.15, -0.1) is 0 Å². The van der Waals surface area contributed by atoms with Crippen LogP contribution in [0.25, 0.3) is 0 Å². The van der Waals surface area contributed by atoms with Gasteiger partial charge in [-0.25, -0.2) is 14.4 Å². The molecule has 0 radical (unpaired) electrons. The molecule has 2 rings (SSSR count). The zero-order chi connectivity index (χ0) is 15.2. The summed E-state index contributed by atoms with van der Waals surface area (Å²) in [7, 11) is 0. The lowest BCUT2D eigenvalue weighted by Crippen LogP contribution is -2.25. The zero-order valence-electron chi connectivity index (χ0n) is 12.0. The first-order chi connectivity index (χ1) is 10.1. The van der Waals surface area contributed by atoms with Crippen LogP contribution in [0, 0.1) is 12.7 Å². The molecule has 0 aliphatic carbocycles. The molecule has 6 heteroatoms. The second kappa shape index (κ2) is 6.78. The standard InChI is InChI=1S/C15H17FN4O/c1-3-7-17-14(21)13-8-10(2)18-15(20-13)19-12-6-4-5-11(16)9-12/h4-6,8-9H,3,7H2,1-2H3,(H,17,21)(H,18,19,20). The summed E-state index contributed by atoms with van der Waals surface area (Å²) in [5, 5.41) is 5.65. The number of benzene rings is 1. The van der Waals surface area contributed by atoms with Crippen molar-refractivity contribution in [3.8, 4) is 0 Å². The molecule has 1 heterocycles. The first kappa shape index (κ1) is 14.9. The number of carbonyl (C=O) groups excluding carboxylic acids is 1. The van der Waals surface area contributed by atoms with Gasteiger partial charge in [-0.1, -0.05) is 13.0 Å². The molecule has 0 spiro atoms. The first-order valence-electron chi connectivity index (χ1n) is 6.75. The van der Waals surface area contributed by atoms with E-state index in [9.17, 15) is 9.18 Å². The maximum atomic E-state index is 13.2. The summed E-state index contributed by atoms with van der Waals surface area (Å²) < 4.78 is 13.2. The molecule has 2 N–H and O–H groups in total. The maximum absolute atomic E-state index is 13.2. The van der Waals surface area contributed by atoms with E-state index in [4.69, 9.17) is 0 Å². The number of hydrogen-bond donors (Lipinski definition) is 2. The van der Waals surface area contributed by atoms with Crippen molar-refractivity contribution >= 4 is 17.5 Å². The molecular formula is C15H17FN4O. The molecule has 0 saturated heterocycles. The Balaban J connectivity index is 2.20. The zero-order valence-corrected chi connectivity index (χ0v) is 12.0. The van der Waals surface area contributed by atoms with Crippen LogP contribution in [-0.2, 0) is 0 Å². The van der Waals surface area contributed by atoms with Crippen molar-refractivity contribution in [1.29, 1.82) is 0 Å². The molecule has 2 aromatic rings. The van der Waals surface area contributed by atoms with Gasteiger partial charge in [-0.3, -0.25) is 4.79 Å². The number of rotatable bonds is 5. The number of anilines is 2. The molecule has 1 aromatic carbocycles. The van der Waals surface area contributed by atoms with Gasteiger partial charge in [0.2, 0.25) is 5.95 Å². The first-order valence-corrected chi connectivity index (χ1v) is 6.75. The molecule has 0 aliphatic heterocycles. The van der Waals surface area contributed by atoms with E-state index >= 15 is 0 Å². The minimum atomic E-state index is -0.353. The van der Waals surface area contributed by atoms with E-state index in [0.29, 0.717) is 17.9 Å². The van der Waals surface area contributed by atoms with E-state index < -0.39 is 0 Å². The molecule has 0 fully saturated rings. The predicted octanol–water partition coefficient (Wildman–Crippen LogP) is 2.81. The van der Waals surface area contributed by atoms with Crippen LogP contribution in [0.4, 0.5) is 16.0 Å². The topological polar surface area (TPSA) is 66.9 Å². The van der Waals surface area contributed by atoms with Crippen LogP contribution in [0.5, 0.6) is 0 Å². The summed E-state index contributed by atoms with van der Waals surface area (Å²) in [6.45, 7) is 4.34. The van der Waals surface area contributed by atoms with E-state index in [1.54, 1.807) is 25.1 Å². The van der Waals surface area contributed by atoms with Crippen LogP contribution in [0.2, 0.25) is 0 Å². The highest BCUT2D eigenvalue weighted by Crippen LogP contribution is 2.15. The smallest absolute Gasteiger partial charge is 0.270 e. The number of carbonyl (C=O) groups is 1. The van der Waals surface area contributed by atoms with E-state index in [1.165, 1.54) is 12.1 Å². The summed E-state index contributed by atoms with van der Waals surface area (Å²) >= 11 is 0. The van der Waals surface area contributed by atoms with Gasteiger partial charge in [-0.05, 0) is 37.6 Å². The molecule has 0 unspecified atom stereocenters. The van der Waals surface area contributed by atoms with Gasteiger partial charge in [-0.2, -0.15) is 0 Å². The second-order valence-electron chi connectivity index (χ2n) is 4.61. The fraction of sp³-hybridized carbons (Fsp3) is 0.267. The molecule has 0 aliphatic rings. The molecule has 0 bridgehead atoms. The van der Waals surface area contributed by atoms with Crippen molar-refractivity contribution in [1.82, 2.24) is 15.3 Å². The fourth-order valence-corrected chi connectivity index (χ4v) is 1.77. The minimum absolute atomic E-state index is 0.246. The van der Waals surface area contributed by atoms with Gasteiger partial charge in [0, 0.05) is 17.9 Å². The SMILES string of the molecule is CCCNC(=O)c1cc(C)nc(Nc2cccc(F)c2)n1. The van der Waals surface area contributed by atoms with Gasteiger partial charge in [0.1, 0.15) is 11.5 Å². The average Bonchev–Trinajstić information content (AvgIpc) is 2.44. The highest BCUT2D eigenvalue weighted by Gasteiger charge is 2.10. The molecule has 1 aromatic heterocycles. The third kappa shape index (κ3) is 4.24. The Morgan fingerprint density at radius 2 is 2.10 bits per heavy atom. The fourth-order valence-electron chi connectivity index (χ4n) is 1.77. The second-order valence-corrected chi connectivity index (χ2v) is 4.61. The van der Waals surface area contributed by atoms with Crippen LogP contribution in [0.15, 0.2) is 30.3 Å². The number of amides is 1. The van der Waals surface area contributed by atoms with Crippen molar-refractivity contribution in [2.24, 2.45) is 0 Å². The van der Waals surface area contributed by atoms with Crippen molar-refractivity contribution < 1.29 is 9.18 Å².